The predicted molar refractivity (Wildman–Crippen MR) is 116 cm³/mol. The number of carbonyl (C=O) groups is 2. The number of rotatable bonds is 7. The van der Waals surface area contributed by atoms with E-state index in [0.717, 1.165) is 24.0 Å². The molecular formula is C25H24N2O3. The van der Waals surface area contributed by atoms with Crippen molar-refractivity contribution in [3.63, 3.8) is 0 Å². The third kappa shape index (κ3) is 5.06. The fourth-order valence-corrected chi connectivity index (χ4v) is 3.39. The molecule has 1 saturated carbocycles. The minimum absolute atomic E-state index is 0.0439. The molecule has 0 heterocycles. The summed E-state index contributed by atoms with van der Waals surface area (Å²) >= 11 is 0. The average Bonchev–Trinajstić information content (AvgIpc) is 3.60. The molecule has 1 fully saturated rings. The quantitative estimate of drug-likeness (QED) is 0.548. The van der Waals surface area contributed by atoms with Gasteiger partial charge in [-0.25, -0.2) is 0 Å². The highest BCUT2D eigenvalue weighted by Crippen LogP contribution is 2.30. The van der Waals surface area contributed by atoms with Crippen LogP contribution in [-0.2, 0) is 11.2 Å². The van der Waals surface area contributed by atoms with Gasteiger partial charge < -0.3 is 15.7 Å². The van der Waals surface area contributed by atoms with E-state index in [1.807, 2.05) is 36.4 Å². The van der Waals surface area contributed by atoms with Crippen molar-refractivity contribution >= 4 is 17.5 Å². The highest BCUT2D eigenvalue weighted by atomic mass is 16.3. The monoisotopic (exact) mass is 400 g/mol. The number of carbonyl (C=O) groups excluding carboxylic acids is 2. The first-order valence-electron chi connectivity index (χ1n) is 10.1. The minimum Gasteiger partial charge on any atom is -0.508 e. The third-order valence-corrected chi connectivity index (χ3v) is 5.22. The number of nitrogens with one attached hydrogen (secondary N) is 2. The molecule has 3 N–H and O–H groups in total. The first-order chi connectivity index (χ1) is 14.6. The van der Waals surface area contributed by atoms with Crippen molar-refractivity contribution in [1.29, 1.82) is 0 Å². The molecule has 0 aliphatic heterocycles. The SMILES string of the molecule is O=C(N[C@@H](Cc1cccc(O)c1)c1ccccc1)c1ccc(NC(=O)C2CC2)cc1. The van der Waals surface area contributed by atoms with E-state index in [1.165, 1.54) is 0 Å². The normalized spacial score (nSPS) is 14.0. The van der Waals surface area contributed by atoms with Crippen LogP contribution >= 0.6 is 0 Å². The van der Waals surface area contributed by atoms with E-state index >= 15 is 0 Å². The first kappa shape index (κ1) is 19.7. The summed E-state index contributed by atoms with van der Waals surface area (Å²) in [6.07, 6.45) is 2.46. The zero-order valence-corrected chi connectivity index (χ0v) is 16.5. The van der Waals surface area contributed by atoms with Gasteiger partial charge in [0.2, 0.25) is 5.91 Å². The van der Waals surface area contributed by atoms with Crippen molar-refractivity contribution in [3.8, 4) is 5.75 Å². The Morgan fingerprint density at radius 3 is 2.33 bits per heavy atom. The van der Waals surface area contributed by atoms with E-state index in [2.05, 4.69) is 10.6 Å². The molecule has 1 aliphatic carbocycles. The number of hydrogen-bond donors (Lipinski definition) is 3. The number of hydrogen-bond acceptors (Lipinski definition) is 3. The van der Waals surface area contributed by atoms with Crippen LogP contribution in [0, 0.1) is 5.92 Å². The molecule has 0 radical (unpaired) electrons. The van der Waals surface area contributed by atoms with Gasteiger partial charge in [0.15, 0.2) is 0 Å². The topological polar surface area (TPSA) is 78.4 Å². The van der Waals surface area contributed by atoms with Gasteiger partial charge in [0, 0.05) is 17.2 Å². The molecule has 4 rings (SSSR count). The second kappa shape index (κ2) is 8.82. The second-order valence-corrected chi connectivity index (χ2v) is 7.65. The molecule has 1 atom stereocenters. The van der Waals surface area contributed by atoms with Gasteiger partial charge in [-0.1, -0.05) is 42.5 Å². The predicted octanol–water partition coefficient (Wildman–Crippen LogP) is 4.45. The lowest BCUT2D eigenvalue weighted by Gasteiger charge is -2.20. The lowest BCUT2D eigenvalue weighted by molar-refractivity contribution is -0.117. The molecule has 0 spiro atoms. The number of anilines is 1. The van der Waals surface area contributed by atoms with Crippen LogP contribution in [0.5, 0.6) is 5.75 Å². The van der Waals surface area contributed by atoms with Gasteiger partial charge in [-0.2, -0.15) is 0 Å². The van der Waals surface area contributed by atoms with Crippen molar-refractivity contribution in [2.24, 2.45) is 5.92 Å². The Morgan fingerprint density at radius 1 is 0.933 bits per heavy atom. The van der Waals surface area contributed by atoms with Gasteiger partial charge in [-0.15, -0.1) is 0 Å². The number of amides is 2. The van der Waals surface area contributed by atoms with Gasteiger partial charge in [-0.3, -0.25) is 9.59 Å². The van der Waals surface area contributed by atoms with E-state index in [9.17, 15) is 14.7 Å². The van der Waals surface area contributed by atoms with Crippen LogP contribution in [0.2, 0.25) is 0 Å². The van der Waals surface area contributed by atoms with Crippen molar-refractivity contribution < 1.29 is 14.7 Å². The summed E-state index contributed by atoms with van der Waals surface area (Å²) in [5.41, 5.74) is 3.14. The number of phenols is 1. The maximum Gasteiger partial charge on any atom is 0.251 e. The molecule has 0 unspecified atom stereocenters. The molecule has 3 aromatic carbocycles. The largest absolute Gasteiger partial charge is 0.508 e. The van der Waals surface area contributed by atoms with Crippen molar-refractivity contribution in [2.45, 2.75) is 25.3 Å². The fraction of sp³-hybridized carbons (Fsp3) is 0.200. The smallest absolute Gasteiger partial charge is 0.251 e. The van der Waals surface area contributed by atoms with E-state index in [-0.39, 0.29) is 29.5 Å². The van der Waals surface area contributed by atoms with Crippen LogP contribution in [0.1, 0.15) is 40.4 Å². The molecule has 0 bridgehead atoms. The molecule has 0 aromatic heterocycles. The molecule has 1 aliphatic rings. The van der Waals surface area contributed by atoms with Crippen LogP contribution in [0.4, 0.5) is 5.69 Å². The summed E-state index contributed by atoms with van der Waals surface area (Å²) in [7, 11) is 0. The Kier molecular flexibility index (Phi) is 5.80. The Morgan fingerprint density at radius 2 is 1.67 bits per heavy atom. The Balaban J connectivity index is 1.47. The molecule has 30 heavy (non-hydrogen) atoms. The molecule has 5 nitrogen and oxygen atoms in total. The Hall–Kier alpha value is -3.60. The van der Waals surface area contributed by atoms with Crippen molar-refractivity contribution in [2.75, 3.05) is 5.32 Å². The number of phenolic OH excluding ortho intramolecular Hbond substituents is 1. The molecule has 5 heteroatoms. The molecule has 152 valence electrons. The molecule has 2 amide bonds. The van der Waals surface area contributed by atoms with Crippen molar-refractivity contribution in [3.05, 3.63) is 95.6 Å². The lowest BCUT2D eigenvalue weighted by Crippen LogP contribution is -2.30. The van der Waals surface area contributed by atoms with E-state index in [0.29, 0.717) is 17.7 Å². The van der Waals surface area contributed by atoms with Gasteiger partial charge in [-0.05, 0) is 66.8 Å². The van der Waals surface area contributed by atoms with Gasteiger partial charge in [0.25, 0.3) is 5.91 Å². The summed E-state index contributed by atoms with van der Waals surface area (Å²) in [6, 6.07) is 23.5. The Labute approximate surface area is 175 Å². The van der Waals surface area contributed by atoms with E-state index in [1.54, 1.807) is 42.5 Å². The standard InChI is InChI=1S/C25H24N2O3/c28-22-8-4-5-17(15-22)16-23(18-6-2-1-3-7-18)27-25(30)20-11-13-21(14-12-20)26-24(29)19-9-10-19/h1-8,11-15,19,23,28H,9-10,16H2,(H,26,29)(H,27,30)/t23-/m0/s1. The van der Waals surface area contributed by atoms with Crippen LogP contribution in [-0.4, -0.2) is 16.9 Å². The maximum absolute atomic E-state index is 12.9. The summed E-state index contributed by atoms with van der Waals surface area (Å²) in [4.78, 5) is 24.8. The van der Waals surface area contributed by atoms with Gasteiger partial charge >= 0.3 is 0 Å². The van der Waals surface area contributed by atoms with Crippen LogP contribution in [0.3, 0.4) is 0 Å². The van der Waals surface area contributed by atoms with Gasteiger partial charge in [0.1, 0.15) is 5.75 Å². The highest BCUT2D eigenvalue weighted by Gasteiger charge is 2.29. The fourth-order valence-electron chi connectivity index (χ4n) is 3.39. The van der Waals surface area contributed by atoms with E-state index < -0.39 is 0 Å². The lowest BCUT2D eigenvalue weighted by atomic mass is 9.98. The van der Waals surface area contributed by atoms with Crippen LogP contribution < -0.4 is 10.6 Å². The van der Waals surface area contributed by atoms with Gasteiger partial charge in [0.05, 0.1) is 6.04 Å². The van der Waals surface area contributed by atoms with E-state index in [4.69, 9.17) is 0 Å². The summed E-state index contributed by atoms with van der Waals surface area (Å²) in [5.74, 6) is 0.193. The molecule has 3 aromatic rings. The number of aromatic hydroxyl groups is 1. The summed E-state index contributed by atoms with van der Waals surface area (Å²) in [5, 5.41) is 15.7. The molecular weight excluding hydrogens is 376 g/mol. The third-order valence-electron chi connectivity index (χ3n) is 5.22. The summed E-state index contributed by atoms with van der Waals surface area (Å²) in [6.45, 7) is 0. The van der Waals surface area contributed by atoms with Crippen LogP contribution in [0.15, 0.2) is 78.9 Å². The molecule has 0 saturated heterocycles. The average molecular weight is 400 g/mol. The summed E-state index contributed by atoms with van der Waals surface area (Å²) < 4.78 is 0. The van der Waals surface area contributed by atoms with Crippen molar-refractivity contribution in [1.82, 2.24) is 5.32 Å². The highest BCUT2D eigenvalue weighted by molar-refractivity contribution is 5.97. The van der Waals surface area contributed by atoms with Crippen LogP contribution in [0.25, 0.3) is 0 Å². The zero-order chi connectivity index (χ0) is 20.9. The minimum atomic E-state index is -0.241. The Bertz CT molecular complexity index is 1030. The second-order valence-electron chi connectivity index (χ2n) is 7.65. The number of benzene rings is 3. The first-order valence-corrected chi connectivity index (χ1v) is 10.1. The zero-order valence-electron chi connectivity index (χ0n) is 16.5. The maximum atomic E-state index is 12.9.